The van der Waals surface area contributed by atoms with E-state index in [1.165, 1.54) is 25.8 Å². The molecule has 0 aromatic carbocycles. The van der Waals surface area contributed by atoms with Crippen molar-refractivity contribution in [2.75, 3.05) is 6.54 Å². The molecule has 0 bridgehead atoms. The van der Waals surface area contributed by atoms with Crippen LogP contribution in [0.2, 0.25) is 0 Å². The van der Waals surface area contributed by atoms with E-state index < -0.39 is 0 Å². The van der Waals surface area contributed by atoms with Crippen LogP contribution in [-0.4, -0.2) is 24.7 Å². The van der Waals surface area contributed by atoms with E-state index in [9.17, 15) is 0 Å². The van der Waals surface area contributed by atoms with Crippen LogP contribution < -0.4 is 10.6 Å². The second-order valence-corrected chi connectivity index (χ2v) is 4.25. The van der Waals surface area contributed by atoms with Gasteiger partial charge in [-0.1, -0.05) is 13.8 Å². The summed E-state index contributed by atoms with van der Waals surface area (Å²) >= 11 is 0. The van der Waals surface area contributed by atoms with Gasteiger partial charge in [0.1, 0.15) is 0 Å². The van der Waals surface area contributed by atoms with Gasteiger partial charge in [-0.2, -0.15) is 0 Å². The summed E-state index contributed by atoms with van der Waals surface area (Å²) in [6.07, 6.45) is 4.00. The van der Waals surface area contributed by atoms with Gasteiger partial charge in [-0.05, 0) is 32.7 Å². The molecule has 2 heteroatoms. The summed E-state index contributed by atoms with van der Waals surface area (Å²) in [5, 5.41) is 7.05. The van der Waals surface area contributed by atoms with Crippen molar-refractivity contribution in [2.45, 2.75) is 58.2 Å². The first-order chi connectivity index (χ1) is 5.68. The van der Waals surface area contributed by atoms with Gasteiger partial charge in [0, 0.05) is 18.1 Å². The van der Waals surface area contributed by atoms with Crippen LogP contribution in [-0.2, 0) is 0 Å². The molecule has 0 aromatic heterocycles. The van der Waals surface area contributed by atoms with Crippen LogP contribution in [0.15, 0.2) is 0 Å². The molecule has 0 radical (unpaired) electrons. The first kappa shape index (κ1) is 10.0. The minimum absolute atomic E-state index is 0.612. The summed E-state index contributed by atoms with van der Waals surface area (Å²) in [5.74, 6) is 0. The van der Waals surface area contributed by atoms with Gasteiger partial charge in [-0.15, -0.1) is 0 Å². The number of hydrogen-bond donors (Lipinski definition) is 2. The molecule has 1 saturated heterocycles. The molecule has 1 heterocycles. The maximum absolute atomic E-state index is 3.53. The smallest absolute Gasteiger partial charge is 0.00822 e. The lowest BCUT2D eigenvalue weighted by Crippen LogP contribution is -2.37. The lowest BCUT2D eigenvalue weighted by Gasteiger charge is -2.20. The fraction of sp³-hybridized carbons (Fsp3) is 1.00. The Balaban J connectivity index is 2.11. The monoisotopic (exact) mass is 170 g/mol. The Morgan fingerprint density at radius 2 is 2.17 bits per heavy atom. The Morgan fingerprint density at radius 1 is 1.42 bits per heavy atom. The molecule has 0 saturated carbocycles. The van der Waals surface area contributed by atoms with Gasteiger partial charge in [0.25, 0.3) is 0 Å². The summed E-state index contributed by atoms with van der Waals surface area (Å²) in [6, 6.07) is 2.04. The molecule has 1 aliphatic heterocycles. The third-order valence-electron chi connectivity index (χ3n) is 2.42. The van der Waals surface area contributed by atoms with E-state index in [0.29, 0.717) is 12.1 Å². The molecular formula is C10H22N2. The van der Waals surface area contributed by atoms with Crippen molar-refractivity contribution in [3.63, 3.8) is 0 Å². The van der Waals surface area contributed by atoms with Crippen molar-refractivity contribution in [3.8, 4) is 0 Å². The van der Waals surface area contributed by atoms with Gasteiger partial charge in [0.05, 0.1) is 0 Å². The molecule has 0 aliphatic carbocycles. The van der Waals surface area contributed by atoms with Crippen LogP contribution in [0.4, 0.5) is 0 Å². The van der Waals surface area contributed by atoms with Gasteiger partial charge in [0.2, 0.25) is 0 Å². The fourth-order valence-electron chi connectivity index (χ4n) is 2.02. The molecule has 2 atom stereocenters. The maximum atomic E-state index is 3.53. The van der Waals surface area contributed by atoms with E-state index >= 15 is 0 Å². The first-order valence-electron chi connectivity index (χ1n) is 5.18. The molecule has 2 unspecified atom stereocenters. The molecule has 0 spiro atoms. The molecule has 72 valence electrons. The summed E-state index contributed by atoms with van der Waals surface area (Å²) in [5.41, 5.74) is 0. The first-order valence-corrected chi connectivity index (χ1v) is 5.18. The topological polar surface area (TPSA) is 24.1 Å². The quantitative estimate of drug-likeness (QED) is 0.668. The highest BCUT2D eigenvalue weighted by Crippen LogP contribution is 2.10. The summed E-state index contributed by atoms with van der Waals surface area (Å²) < 4.78 is 0. The van der Waals surface area contributed by atoms with Gasteiger partial charge in [0.15, 0.2) is 0 Å². The SMILES string of the molecule is CC(C)NC(C)CC1CCCN1. The Kier molecular flexibility index (Phi) is 4.02. The van der Waals surface area contributed by atoms with E-state index in [0.717, 1.165) is 6.04 Å². The predicted molar refractivity (Wildman–Crippen MR) is 53.4 cm³/mol. The molecule has 12 heavy (non-hydrogen) atoms. The summed E-state index contributed by atoms with van der Waals surface area (Å²) in [7, 11) is 0. The molecule has 2 nitrogen and oxygen atoms in total. The van der Waals surface area contributed by atoms with Crippen molar-refractivity contribution in [2.24, 2.45) is 0 Å². The van der Waals surface area contributed by atoms with Crippen molar-refractivity contribution in [3.05, 3.63) is 0 Å². The second kappa shape index (κ2) is 4.83. The lowest BCUT2D eigenvalue weighted by molar-refractivity contribution is 0.414. The van der Waals surface area contributed by atoms with Gasteiger partial charge in [-0.3, -0.25) is 0 Å². The van der Waals surface area contributed by atoms with E-state index in [1.807, 2.05) is 0 Å². The predicted octanol–water partition coefficient (Wildman–Crippen LogP) is 1.51. The van der Waals surface area contributed by atoms with E-state index in [2.05, 4.69) is 31.4 Å². The largest absolute Gasteiger partial charge is 0.314 e. The van der Waals surface area contributed by atoms with Crippen molar-refractivity contribution >= 4 is 0 Å². The summed E-state index contributed by atoms with van der Waals surface area (Å²) in [4.78, 5) is 0. The third kappa shape index (κ3) is 3.55. The molecule has 0 aromatic rings. The fourth-order valence-corrected chi connectivity index (χ4v) is 2.02. The second-order valence-electron chi connectivity index (χ2n) is 4.25. The van der Waals surface area contributed by atoms with Crippen molar-refractivity contribution in [1.82, 2.24) is 10.6 Å². The average molecular weight is 170 g/mol. The molecule has 1 fully saturated rings. The van der Waals surface area contributed by atoms with Crippen LogP contribution in [0.3, 0.4) is 0 Å². The highest BCUT2D eigenvalue weighted by Gasteiger charge is 2.16. The molecule has 2 N–H and O–H groups in total. The van der Waals surface area contributed by atoms with Crippen LogP contribution in [0.25, 0.3) is 0 Å². The van der Waals surface area contributed by atoms with E-state index in [4.69, 9.17) is 0 Å². The number of rotatable bonds is 4. The van der Waals surface area contributed by atoms with Gasteiger partial charge < -0.3 is 10.6 Å². The van der Waals surface area contributed by atoms with Crippen LogP contribution in [0, 0.1) is 0 Å². The Morgan fingerprint density at radius 3 is 2.67 bits per heavy atom. The normalized spacial score (nSPS) is 26.5. The standard InChI is InChI=1S/C10H22N2/c1-8(2)12-9(3)7-10-5-4-6-11-10/h8-12H,4-7H2,1-3H3. The average Bonchev–Trinajstić information content (AvgIpc) is 2.37. The lowest BCUT2D eigenvalue weighted by atomic mass is 10.1. The molecule has 1 rings (SSSR count). The minimum Gasteiger partial charge on any atom is -0.314 e. The molecule has 0 amide bonds. The highest BCUT2D eigenvalue weighted by molar-refractivity contribution is 4.78. The van der Waals surface area contributed by atoms with Gasteiger partial charge in [-0.25, -0.2) is 0 Å². The molecule has 1 aliphatic rings. The Hall–Kier alpha value is -0.0800. The molecular weight excluding hydrogens is 148 g/mol. The van der Waals surface area contributed by atoms with Crippen molar-refractivity contribution in [1.29, 1.82) is 0 Å². The minimum atomic E-state index is 0.612. The third-order valence-corrected chi connectivity index (χ3v) is 2.42. The summed E-state index contributed by atoms with van der Waals surface area (Å²) in [6.45, 7) is 7.91. The number of nitrogens with one attached hydrogen (secondary N) is 2. The van der Waals surface area contributed by atoms with E-state index in [1.54, 1.807) is 0 Å². The highest BCUT2D eigenvalue weighted by atomic mass is 15.0. The Labute approximate surface area is 76.1 Å². The number of hydrogen-bond acceptors (Lipinski definition) is 2. The zero-order valence-electron chi connectivity index (χ0n) is 8.56. The zero-order valence-corrected chi connectivity index (χ0v) is 8.56. The van der Waals surface area contributed by atoms with Crippen molar-refractivity contribution < 1.29 is 0 Å². The van der Waals surface area contributed by atoms with Crippen LogP contribution >= 0.6 is 0 Å². The van der Waals surface area contributed by atoms with Gasteiger partial charge >= 0.3 is 0 Å². The van der Waals surface area contributed by atoms with E-state index in [-0.39, 0.29) is 0 Å². The zero-order chi connectivity index (χ0) is 8.97. The maximum Gasteiger partial charge on any atom is 0.00822 e. The van der Waals surface area contributed by atoms with Crippen LogP contribution in [0.5, 0.6) is 0 Å². The Bertz CT molecular complexity index is 117. The van der Waals surface area contributed by atoms with Crippen LogP contribution in [0.1, 0.15) is 40.0 Å².